The molecule has 5 rings (SSSR count). The van der Waals surface area contributed by atoms with Gasteiger partial charge >= 0.3 is 0 Å². The monoisotopic (exact) mass is 419 g/mol. The van der Waals surface area contributed by atoms with Crippen molar-refractivity contribution < 1.29 is 14.3 Å². The summed E-state index contributed by atoms with van der Waals surface area (Å²) < 4.78 is 6.02. The minimum atomic E-state index is -0.651. The van der Waals surface area contributed by atoms with Gasteiger partial charge in [-0.05, 0) is 73.2 Å². The third-order valence-corrected chi connectivity index (χ3v) is 6.70. The Morgan fingerprint density at radius 2 is 1.77 bits per heavy atom. The summed E-state index contributed by atoms with van der Waals surface area (Å²) in [6.45, 7) is 2.04. The topological polar surface area (TPSA) is 56.3 Å². The summed E-state index contributed by atoms with van der Waals surface area (Å²) in [4.78, 5) is 30.6. The first-order valence-corrected chi connectivity index (χ1v) is 10.9. The van der Waals surface area contributed by atoms with Gasteiger partial charge in [0.05, 0.1) is 5.52 Å². The van der Waals surface area contributed by atoms with Crippen LogP contribution < -0.4 is 4.74 Å². The van der Waals surface area contributed by atoms with Crippen molar-refractivity contribution in [3.63, 3.8) is 0 Å². The summed E-state index contributed by atoms with van der Waals surface area (Å²) >= 11 is 6.04. The van der Waals surface area contributed by atoms with Gasteiger partial charge in [-0.25, -0.2) is 4.98 Å². The molecule has 152 valence electrons. The molecule has 3 aromatic rings. The van der Waals surface area contributed by atoms with E-state index in [1.807, 2.05) is 43.3 Å². The highest BCUT2D eigenvalue weighted by Gasteiger charge is 2.47. The molecular formula is C25H22ClNO3. The first kappa shape index (κ1) is 19.3. The summed E-state index contributed by atoms with van der Waals surface area (Å²) in [5.74, 6) is 0.619. The highest BCUT2D eigenvalue weighted by atomic mass is 35.5. The molecule has 30 heavy (non-hydrogen) atoms. The van der Waals surface area contributed by atoms with E-state index in [0.717, 1.165) is 47.7 Å². The van der Waals surface area contributed by atoms with Gasteiger partial charge < -0.3 is 4.74 Å². The van der Waals surface area contributed by atoms with Crippen molar-refractivity contribution in [2.45, 2.75) is 38.5 Å². The zero-order valence-electron chi connectivity index (χ0n) is 16.7. The number of halogens is 1. The van der Waals surface area contributed by atoms with Gasteiger partial charge in [0, 0.05) is 28.3 Å². The molecule has 0 saturated heterocycles. The third-order valence-electron chi connectivity index (χ3n) is 6.46. The van der Waals surface area contributed by atoms with Gasteiger partial charge in [0.15, 0.2) is 11.6 Å². The highest BCUT2D eigenvalue weighted by molar-refractivity contribution is 6.31. The number of carbonyl (C=O) groups is 2. The first-order chi connectivity index (χ1) is 14.5. The molecular weight excluding hydrogens is 398 g/mol. The Morgan fingerprint density at radius 1 is 1.00 bits per heavy atom. The first-order valence-electron chi connectivity index (χ1n) is 10.5. The molecule has 5 heteroatoms. The van der Waals surface area contributed by atoms with Gasteiger partial charge in [-0.3, -0.25) is 9.59 Å². The molecule has 4 nitrogen and oxygen atoms in total. The molecule has 2 fully saturated rings. The third kappa shape index (κ3) is 3.29. The van der Waals surface area contributed by atoms with Crippen molar-refractivity contribution in [3.05, 3.63) is 64.7 Å². The van der Waals surface area contributed by atoms with E-state index >= 15 is 0 Å². The van der Waals surface area contributed by atoms with Crippen LogP contribution in [0.5, 0.6) is 11.6 Å². The second kappa shape index (κ2) is 7.51. The molecule has 2 bridgehead atoms. The number of benzene rings is 2. The van der Waals surface area contributed by atoms with Crippen LogP contribution in [0.1, 0.15) is 43.2 Å². The van der Waals surface area contributed by atoms with Gasteiger partial charge in [0.2, 0.25) is 5.88 Å². The van der Waals surface area contributed by atoms with E-state index in [1.165, 1.54) is 0 Å². The normalized spacial score (nSPS) is 23.2. The number of aromatic nitrogens is 1. The van der Waals surface area contributed by atoms with Crippen LogP contribution >= 0.6 is 11.6 Å². The molecule has 0 radical (unpaired) electrons. The van der Waals surface area contributed by atoms with Gasteiger partial charge in [-0.15, -0.1) is 0 Å². The van der Waals surface area contributed by atoms with E-state index in [-0.39, 0.29) is 23.4 Å². The molecule has 0 N–H and O–H groups in total. The zero-order chi connectivity index (χ0) is 20.8. The molecule has 2 aliphatic carbocycles. The molecule has 2 unspecified atom stereocenters. The Bertz CT molecular complexity index is 1150. The van der Waals surface area contributed by atoms with Crippen LogP contribution in [0.2, 0.25) is 5.02 Å². The maximum atomic E-state index is 13.0. The van der Waals surface area contributed by atoms with Crippen molar-refractivity contribution in [2.75, 3.05) is 0 Å². The van der Waals surface area contributed by atoms with Crippen molar-refractivity contribution >= 4 is 34.1 Å². The quantitative estimate of drug-likeness (QED) is 0.494. The summed E-state index contributed by atoms with van der Waals surface area (Å²) in [6.07, 6.45) is 3.18. The van der Waals surface area contributed by atoms with Crippen molar-refractivity contribution in [3.8, 4) is 11.6 Å². The van der Waals surface area contributed by atoms with Crippen LogP contribution in [0.15, 0.2) is 48.5 Å². The number of fused-ring (bicyclic) bond motifs is 3. The Hall–Kier alpha value is -2.72. The second-order valence-corrected chi connectivity index (χ2v) is 8.68. The summed E-state index contributed by atoms with van der Waals surface area (Å²) in [5.41, 5.74) is 2.61. The van der Waals surface area contributed by atoms with Crippen LogP contribution in [0.25, 0.3) is 10.9 Å². The second-order valence-electron chi connectivity index (χ2n) is 8.25. The number of hydrogen-bond donors (Lipinski definition) is 0. The minimum Gasteiger partial charge on any atom is -0.439 e. The van der Waals surface area contributed by atoms with Crippen LogP contribution in [0.3, 0.4) is 0 Å². The molecule has 1 aromatic heterocycles. The Balaban J connectivity index is 1.49. The Kier molecular flexibility index (Phi) is 4.82. The molecule has 0 amide bonds. The van der Waals surface area contributed by atoms with Crippen LogP contribution in [0, 0.1) is 11.8 Å². The molecule has 0 spiro atoms. The number of rotatable bonds is 4. The fourth-order valence-corrected chi connectivity index (χ4v) is 5.08. The van der Waals surface area contributed by atoms with Gasteiger partial charge in [0.1, 0.15) is 11.7 Å². The fraction of sp³-hybridized carbons (Fsp3) is 0.320. The van der Waals surface area contributed by atoms with E-state index in [4.69, 9.17) is 16.3 Å². The molecule has 1 heterocycles. The largest absolute Gasteiger partial charge is 0.439 e. The Morgan fingerprint density at radius 3 is 2.50 bits per heavy atom. The highest BCUT2D eigenvalue weighted by Crippen LogP contribution is 2.45. The summed E-state index contributed by atoms with van der Waals surface area (Å²) in [5, 5.41) is 1.60. The number of Topliss-reactive ketones (excluding diaryl/α,β-unsaturated/α-hetero) is 2. The van der Waals surface area contributed by atoms with Gasteiger partial charge in [-0.2, -0.15) is 0 Å². The number of carbonyl (C=O) groups excluding carboxylic acids is 2. The predicted molar refractivity (Wildman–Crippen MR) is 116 cm³/mol. The van der Waals surface area contributed by atoms with Gasteiger partial charge in [-0.1, -0.05) is 24.6 Å². The van der Waals surface area contributed by atoms with Crippen molar-refractivity contribution in [1.82, 2.24) is 4.98 Å². The summed E-state index contributed by atoms with van der Waals surface area (Å²) in [7, 11) is 0. The van der Waals surface area contributed by atoms with E-state index in [1.54, 1.807) is 12.1 Å². The number of nitrogens with zero attached hydrogens (tertiary/aromatic N) is 1. The lowest BCUT2D eigenvalue weighted by atomic mass is 9.74. The van der Waals surface area contributed by atoms with E-state index in [0.29, 0.717) is 16.7 Å². The molecule has 0 aliphatic heterocycles. The molecule has 2 aromatic carbocycles. The van der Waals surface area contributed by atoms with Crippen LogP contribution in [-0.2, 0) is 16.0 Å². The lowest BCUT2D eigenvalue weighted by molar-refractivity contribution is -0.135. The molecule has 2 atom stereocenters. The Labute approximate surface area is 180 Å². The lowest BCUT2D eigenvalue weighted by Crippen LogP contribution is -2.35. The average molecular weight is 420 g/mol. The van der Waals surface area contributed by atoms with E-state index in [9.17, 15) is 9.59 Å². The van der Waals surface area contributed by atoms with E-state index < -0.39 is 5.92 Å². The maximum Gasteiger partial charge on any atom is 0.219 e. The number of ether oxygens (including phenoxy) is 1. The number of hydrogen-bond acceptors (Lipinski definition) is 4. The molecule has 2 aliphatic rings. The van der Waals surface area contributed by atoms with E-state index in [2.05, 4.69) is 4.98 Å². The fourth-order valence-electron chi connectivity index (χ4n) is 4.90. The predicted octanol–water partition coefficient (Wildman–Crippen LogP) is 5.89. The lowest BCUT2D eigenvalue weighted by Gasteiger charge is -2.27. The summed E-state index contributed by atoms with van der Waals surface area (Å²) in [6, 6.07) is 14.9. The zero-order valence-corrected chi connectivity index (χ0v) is 17.5. The van der Waals surface area contributed by atoms with Crippen LogP contribution in [0.4, 0.5) is 0 Å². The van der Waals surface area contributed by atoms with Crippen LogP contribution in [-0.4, -0.2) is 16.6 Å². The smallest absolute Gasteiger partial charge is 0.219 e. The van der Waals surface area contributed by atoms with Gasteiger partial charge in [0.25, 0.3) is 0 Å². The standard InChI is InChI=1S/C25H22ClNO3/c1-2-14-5-8-19(30-22-10-6-15-12-18(26)7-9-21(15)27-22)13-20(14)23-24(28)16-3-4-17(11-16)25(23)29/h5-10,12-13,16-17,23H,2-4,11H2,1H3. The minimum absolute atomic E-state index is 0.0287. The van der Waals surface area contributed by atoms with Crippen molar-refractivity contribution in [2.24, 2.45) is 11.8 Å². The van der Waals surface area contributed by atoms with Crippen molar-refractivity contribution in [1.29, 1.82) is 0 Å². The SMILES string of the molecule is CCc1ccc(Oc2ccc3cc(Cl)ccc3n2)cc1C1C(=O)C2CCC(C2)C1=O. The molecule has 2 saturated carbocycles. The number of pyridine rings is 1. The average Bonchev–Trinajstić information content (AvgIpc) is 3.20. The number of aryl methyl sites for hydroxylation is 1. The maximum absolute atomic E-state index is 13.0. The number of ketones is 2.